The molecule has 1 amide bonds. The lowest BCUT2D eigenvalue weighted by molar-refractivity contribution is -0.120. The van der Waals surface area contributed by atoms with Crippen molar-refractivity contribution >= 4 is 11.9 Å². The summed E-state index contributed by atoms with van der Waals surface area (Å²) in [5.41, 5.74) is 0.743. The van der Waals surface area contributed by atoms with Crippen LogP contribution in [0.2, 0.25) is 0 Å². The first-order valence-electron chi connectivity index (χ1n) is 8.34. The number of Topliss-reactive ketones (excluding diaryl/α,β-unsaturated/α-hetero) is 1. The number of likely N-dealkylation sites (tertiary alicyclic amines) is 1. The van der Waals surface area contributed by atoms with E-state index in [1.807, 2.05) is 34.6 Å². The minimum absolute atomic E-state index is 0.00260. The summed E-state index contributed by atoms with van der Waals surface area (Å²) in [6.07, 6.45) is 6.57. The van der Waals surface area contributed by atoms with Gasteiger partial charge in [-0.3, -0.25) is 4.79 Å². The summed E-state index contributed by atoms with van der Waals surface area (Å²) in [7, 11) is 0. The zero-order valence-corrected chi connectivity index (χ0v) is 14.8. The van der Waals surface area contributed by atoms with Crippen molar-refractivity contribution in [3.05, 3.63) is 11.6 Å². The standard InChI is InChI=1S/C18H31NO3/c1-14(2)9-8-11-16(20)13-15-10-6-7-12-19(15)17(21)22-18(3,4)5/h9,15H,6-8,10-13H2,1-5H3/t15-/m0/s1. The summed E-state index contributed by atoms with van der Waals surface area (Å²) in [5, 5.41) is 0. The summed E-state index contributed by atoms with van der Waals surface area (Å²) in [6.45, 7) is 10.4. The van der Waals surface area contributed by atoms with Gasteiger partial charge in [0.1, 0.15) is 11.4 Å². The van der Waals surface area contributed by atoms with Crippen LogP contribution < -0.4 is 0 Å². The Hall–Kier alpha value is -1.32. The van der Waals surface area contributed by atoms with Gasteiger partial charge in [-0.2, -0.15) is 0 Å². The molecule has 1 saturated heterocycles. The minimum atomic E-state index is -0.494. The van der Waals surface area contributed by atoms with Crippen molar-refractivity contribution in [3.8, 4) is 0 Å². The fourth-order valence-electron chi connectivity index (χ4n) is 2.66. The van der Waals surface area contributed by atoms with Gasteiger partial charge in [0.2, 0.25) is 0 Å². The second-order valence-corrected chi connectivity index (χ2v) is 7.39. The molecule has 126 valence electrons. The van der Waals surface area contributed by atoms with E-state index in [0.29, 0.717) is 19.4 Å². The van der Waals surface area contributed by atoms with E-state index in [1.54, 1.807) is 4.90 Å². The van der Waals surface area contributed by atoms with E-state index in [2.05, 4.69) is 6.08 Å². The van der Waals surface area contributed by atoms with E-state index in [9.17, 15) is 9.59 Å². The maximum atomic E-state index is 12.3. The van der Waals surface area contributed by atoms with Crippen LogP contribution in [0.25, 0.3) is 0 Å². The number of allylic oxidation sites excluding steroid dienone is 2. The fraction of sp³-hybridized carbons (Fsp3) is 0.778. The Bertz CT molecular complexity index is 417. The Morgan fingerprint density at radius 1 is 1.23 bits per heavy atom. The summed E-state index contributed by atoms with van der Waals surface area (Å²) in [4.78, 5) is 26.2. The molecule has 1 heterocycles. The molecule has 0 spiro atoms. The van der Waals surface area contributed by atoms with Crippen LogP contribution in [0.4, 0.5) is 4.79 Å². The summed E-state index contributed by atoms with van der Waals surface area (Å²) in [5.74, 6) is 0.234. The molecule has 22 heavy (non-hydrogen) atoms. The Balaban J connectivity index is 2.56. The number of carbonyl (C=O) groups is 2. The van der Waals surface area contributed by atoms with Crippen LogP contribution >= 0.6 is 0 Å². The van der Waals surface area contributed by atoms with E-state index < -0.39 is 5.60 Å². The van der Waals surface area contributed by atoms with Crippen LogP contribution in [-0.4, -0.2) is 35.0 Å². The highest BCUT2D eigenvalue weighted by molar-refractivity contribution is 5.80. The van der Waals surface area contributed by atoms with Gasteiger partial charge in [-0.25, -0.2) is 4.79 Å². The fourth-order valence-corrected chi connectivity index (χ4v) is 2.66. The van der Waals surface area contributed by atoms with E-state index in [0.717, 1.165) is 25.7 Å². The zero-order valence-electron chi connectivity index (χ0n) is 14.8. The lowest BCUT2D eigenvalue weighted by Gasteiger charge is -2.36. The Labute approximate surface area is 134 Å². The van der Waals surface area contributed by atoms with Crippen LogP contribution in [-0.2, 0) is 9.53 Å². The molecule has 1 fully saturated rings. The average Bonchev–Trinajstić information content (AvgIpc) is 2.36. The molecule has 0 aromatic carbocycles. The van der Waals surface area contributed by atoms with Crippen LogP contribution in [0, 0.1) is 0 Å². The van der Waals surface area contributed by atoms with E-state index in [1.165, 1.54) is 5.57 Å². The highest BCUT2D eigenvalue weighted by Gasteiger charge is 2.31. The van der Waals surface area contributed by atoms with Crippen molar-refractivity contribution < 1.29 is 14.3 Å². The number of amides is 1. The Kier molecular flexibility index (Phi) is 7.11. The lowest BCUT2D eigenvalue weighted by Crippen LogP contribution is -2.46. The Morgan fingerprint density at radius 3 is 2.50 bits per heavy atom. The number of hydrogen-bond acceptors (Lipinski definition) is 3. The number of ketones is 1. The molecule has 1 aliphatic heterocycles. The molecule has 1 aliphatic rings. The minimum Gasteiger partial charge on any atom is -0.444 e. The molecule has 1 rings (SSSR count). The highest BCUT2D eigenvalue weighted by Crippen LogP contribution is 2.23. The summed E-state index contributed by atoms with van der Waals surface area (Å²) in [6, 6.07) is 0.00260. The molecule has 0 unspecified atom stereocenters. The SMILES string of the molecule is CC(C)=CCCC(=O)C[C@@H]1CCCCN1C(=O)OC(C)(C)C. The van der Waals surface area contributed by atoms with Crippen molar-refractivity contribution in [1.29, 1.82) is 0 Å². The third kappa shape index (κ3) is 7.10. The number of carbonyl (C=O) groups excluding carboxylic acids is 2. The van der Waals surface area contributed by atoms with Crippen molar-refractivity contribution in [2.75, 3.05) is 6.54 Å². The van der Waals surface area contributed by atoms with Gasteiger partial charge in [0.25, 0.3) is 0 Å². The third-order valence-electron chi connectivity index (χ3n) is 3.69. The van der Waals surface area contributed by atoms with Crippen LogP contribution in [0.3, 0.4) is 0 Å². The van der Waals surface area contributed by atoms with Crippen molar-refractivity contribution in [1.82, 2.24) is 4.90 Å². The predicted molar refractivity (Wildman–Crippen MR) is 88.9 cm³/mol. The number of piperidine rings is 1. The van der Waals surface area contributed by atoms with E-state index >= 15 is 0 Å². The second-order valence-electron chi connectivity index (χ2n) is 7.39. The van der Waals surface area contributed by atoms with Gasteiger partial charge >= 0.3 is 6.09 Å². The summed E-state index contributed by atoms with van der Waals surface area (Å²) < 4.78 is 5.47. The lowest BCUT2D eigenvalue weighted by atomic mass is 9.96. The smallest absolute Gasteiger partial charge is 0.410 e. The molecule has 0 N–H and O–H groups in total. The maximum absolute atomic E-state index is 12.3. The molecule has 0 radical (unpaired) electrons. The quantitative estimate of drug-likeness (QED) is 0.703. The van der Waals surface area contributed by atoms with Crippen LogP contribution in [0.1, 0.15) is 73.1 Å². The largest absolute Gasteiger partial charge is 0.444 e. The molecule has 0 bridgehead atoms. The van der Waals surface area contributed by atoms with Crippen molar-refractivity contribution in [3.63, 3.8) is 0 Å². The first kappa shape index (κ1) is 18.7. The van der Waals surface area contributed by atoms with Crippen molar-refractivity contribution in [2.24, 2.45) is 0 Å². The van der Waals surface area contributed by atoms with E-state index in [-0.39, 0.29) is 17.9 Å². The van der Waals surface area contributed by atoms with Crippen LogP contribution in [0.15, 0.2) is 11.6 Å². The monoisotopic (exact) mass is 309 g/mol. The van der Waals surface area contributed by atoms with Gasteiger partial charge in [0, 0.05) is 25.4 Å². The number of rotatable bonds is 5. The van der Waals surface area contributed by atoms with Gasteiger partial charge in [-0.05, 0) is 60.3 Å². The van der Waals surface area contributed by atoms with E-state index in [4.69, 9.17) is 4.74 Å². The topological polar surface area (TPSA) is 46.6 Å². The van der Waals surface area contributed by atoms with Gasteiger partial charge in [0.15, 0.2) is 0 Å². The number of hydrogen-bond donors (Lipinski definition) is 0. The number of ether oxygens (including phenoxy) is 1. The zero-order chi connectivity index (χ0) is 16.8. The predicted octanol–water partition coefficient (Wildman–Crippen LogP) is 4.48. The molecular formula is C18H31NO3. The molecule has 4 nitrogen and oxygen atoms in total. The van der Waals surface area contributed by atoms with Crippen molar-refractivity contribution in [2.45, 2.75) is 84.8 Å². The molecule has 4 heteroatoms. The molecule has 0 aliphatic carbocycles. The van der Waals surface area contributed by atoms with Gasteiger partial charge in [-0.15, -0.1) is 0 Å². The first-order valence-corrected chi connectivity index (χ1v) is 8.34. The highest BCUT2D eigenvalue weighted by atomic mass is 16.6. The normalized spacial score (nSPS) is 18.8. The third-order valence-corrected chi connectivity index (χ3v) is 3.69. The maximum Gasteiger partial charge on any atom is 0.410 e. The molecule has 0 saturated carbocycles. The average molecular weight is 309 g/mol. The van der Waals surface area contributed by atoms with Gasteiger partial charge in [-0.1, -0.05) is 11.6 Å². The van der Waals surface area contributed by atoms with Crippen LogP contribution in [0.5, 0.6) is 0 Å². The number of nitrogens with zero attached hydrogens (tertiary/aromatic N) is 1. The van der Waals surface area contributed by atoms with Gasteiger partial charge < -0.3 is 9.64 Å². The molecular weight excluding hydrogens is 278 g/mol. The summed E-state index contributed by atoms with van der Waals surface area (Å²) >= 11 is 0. The Morgan fingerprint density at radius 2 is 1.91 bits per heavy atom. The molecule has 0 aromatic heterocycles. The first-order chi connectivity index (χ1) is 10.2. The molecule has 1 atom stereocenters. The second kappa shape index (κ2) is 8.35. The molecule has 0 aromatic rings. The van der Waals surface area contributed by atoms with Gasteiger partial charge in [0.05, 0.1) is 0 Å².